The Balaban J connectivity index is 1.69. The summed E-state index contributed by atoms with van der Waals surface area (Å²) in [5.74, 6) is 0.325. The fourth-order valence-electron chi connectivity index (χ4n) is 3.13. The Morgan fingerprint density at radius 2 is 1.75 bits per heavy atom. The van der Waals surface area contributed by atoms with Gasteiger partial charge in [-0.05, 0) is 55.9 Å². The molecule has 1 saturated carbocycles. The molecule has 2 rings (SSSR count). The molecule has 0 radical (unpaired) electrons. The van der Waals surface area contributed by atoms with Crippen LogP contribution in [0.4, 0.5) is 0 Å². The van der Waals surface area contributed by atoms with E-state index < -0.39 is 5.97 Å². The molecular formula is C19H27NO4. The normalized spacial score (nSPS) is 20.3. The van der Waals surface area contributed by atoms with E-state index in [1.165, 1.54) is 6.42 Å². The molecule has 0 heterocycles. The number of nitrogens with one attached hydrogen (secondary N) is 1. The monoisotopic (exact) mass is 333 g/mol. The third kappa shape index (κ3) is 5.87. The second-order valence-corrected chi connectivity index (χ2v) is 6.71. The van der Waals surface area contributed by atoms with Crippen LogP contribution in [0.15, 0.2) is 18.2 Å². The van der Waals surface area contributed by atoms with E-state index >= 15 is 0 Å². The summed E-state index contributed by atoms with van der Waals surface area (Å²) in [5.41, 5.74) is 2.14. The highest BCUT2D eigenvalue weighted by Crippen LogP contribution is 2.23. The Kier molecular flexibility index (Phi) is 6.64. The van der Waals surface area contributed by atoms with Gasteiger partial charge in [-0.1, -0.05) is 25.8 Å². The summed E-state index contributed by atoms with van der Waals surface area (Å²) in [6.45, 7) is 5.63. The Labute approximate surface area is 143 Å². The van der Waals surface area contributed by atoms with Crippen molar-refractivity contribution in [2.75, 3.05) is 13.2 Å². The number of benzene rings is 1. The van der Waals surface area contributed by atoms with Gasteiger partial charge in [-0.2, -0.15) is 0 Å². The summed E-state index contributed by atoms with van der Waals surface area (Å²) >= 11 is 0. The number of aryl methyl sites for hydroxylation is 2. The molecule has 1 aliphatic carbocycles. The number of esters is 1. The van der Waals surface area contributed by atoms with Gasteiger partial charge >= 0.3 is 5.97 Å². The van der Waals surface area contributed by atoms with Crippen LogP contribution in [0.2, 0.25) is 0 Å². The Bertz CT molecular complexity index is 564. The summed E-state index contributed by atoms with van der Waals surface area (Å²) < 4.78 is 10.4. The number of hydrogen-bond donors (Lipinski definition) is 1. The predicted molar refractivity (Wildman–Crippen MR) is 91.9 cm³/mol. The first kappa shape index (κ1) is 18.3. The van der Waals surface area contributed by atoms with Crippen LogP contribution in [0, 0.1) is 19.8 Å². The molecule has 0 saturated heterocycles. The van der Waals surface area contributed by atoms with E-state index in [-0.39, 0.29) is 25.2 Å². The van der Waals surface area contributed by atoms with Crippen LogP contribution in [0.5, 0.6) is 5.75 Å². The van der Waals surface area contributed by atoms with Gasteiger partial charge in [0.1, 0.15) is 5.75 Å². The molecule has 0 aliphatic heterocycles. The number of hydrogen-bond acceptors (Lipinski definition) is 4. The molecule has 2 atom stereocenters. The standard InChI is InChI=1S/C19H27NO4/c1-13-8-14(2)10-16(9-13)23-12-19(22)24-11-18(21)20-17-7-5-4-6-15(17)3/h8-10,15,17H,4-7,11-12H2,1-3H3,(H,20,21)/t15-,17+/m0/s1. The van der Waals surface area contributed by atoms with Crippen molar-refractivity contribution in [1.82, 2.24) is 5.32 Å². The maximum atomic E-state index is 11.9. The van der Waals surface area contributed by atoms with E-state index in [9.17, 15) is 9.59 Å². The van der Waals surface area contributed by atoms with Gasteiger partial charge in [0, 0.05) is 6.04 Å². The smallest absolute Gasteiger partial charge is 0.344 e. The van der Waals surface area contributed by atoms with Crippen LogP contribution < -0.4 is 10.1 Å². The molecule has 132 valence electrons. The van der Waals surface area contributed by atoms with Gasteiger partial charge in [0.15, 0.2) is 13.2 Å². The van der Waals surface area contributed by atoms with Crippen LogP contribution in [-0.4, -0.2) is 31.1 Å². The molecule has 0 spiro atoms. The lowest BCUT2D eigenvalue weighted by molar-refractivity contribution is -0.150. The van der Waals surface area contributed by atoms with Gasteiger partial charge in [-0.3, -0.25) is 4.79 Å². The Hall–Kier alpha value is -2.04. The van der Waals surface area contributed by atoms with Crippen LogP contribution in [0.25, 0.3) is 0 Å². The number of ether oxygens (including phenoxy) is 2. The SMILES string of the molecule is Cc1cc(C)cc(OCC(=O)OCC(=O)N[C@@H]2CCCC[C@@H]2C)c1. The molecule has 0 unspecified atom stereocenters. The lowest BCUT2D eigenvalue weighted by Gasteiger charge is -2.29. The van der Waals surface area contributed by atoms with Crippen molar-refractivity contribution in [1.29, 1.82) is 0 Å². The molecular weight excluding hydrogens is 306 g/mol. The van der Waals surface area contributed by atoms with Crippen molar-refractivity contribution >= 4 is 11.9 Å². The minimum Gasteiger partial charge on any atom is -0.482 e. The van der Waals surface area contributed by atoms with E-state index in [0.717, 1.165) is 30.4 Å². The molecule has 0 aromatic heterocycles. The maximum absolute atomic E-state index is 11.9. The minimum atomic E-state index is -0.541. The van der Waals surface area contributed by atoms with Gasteiger partial charge in [0.05, 0.1) is 0 Å². The van der Waals surface area contributed by atoms with Crippen molar-refractivity contribution in [2.45, 2.75) is 52.5 Å². The largest absolute Gasteiger partial charge is 0.482 e. The molecule has 1 aliphatic rings. The second-order valence-electron chi connectivity index (χ2n) is 6.71. The van der Waals surface area contributed by atoms with E-state index in [0.29, 0.717) is 11.7 Å². The van der Waals surface area contributed by atoms with Crippen LogP contribution >= 0.6 is 0 Å². The van der Waals surface area contributed by atoms with Crippen LogP contribution in [-0.2, 0) is 14.3 Å². The van der Waals surface area contributed by atoms with Crippen molar-refractivity contribution < 1.29 is 19.1 Å². The fourth-order valence-corrected chi connectivity index (χ4v) is 3.13. The molecule has 1 amide bonds. The number of carbonyl (C=O) groups is 2. The molecule has 5 nitrogen and oxygen atoms in total. The molecule has 0 bridgehead atoms. The first-order valence-corrected chi connectivity index (χ1v) is 8.60. The number of carbonyl (C=O) groups excluding carboxylic acids is 2. The molecule has 1 fully saturated rings. The van der Waals surface area contributed by atoms with Crippen molar-refractivity contribution in [3.8, 4) is 5.75 Å². The number of amides is 1. The molecule has 1 aromatic rings. The molecule has 1 N–H and O–H groups in total. The zero-order valence-corrected chi connectivity index (χ0v) is 14.8. The van der Waals surface area contributed by atoms with Gasteiger partial charge in [-0.25, -0.2) is 4.79 Å². The lowest BCUT2D eigenvalue weighted by atomic mass is 9.86. The molecule has 24 heavy (non-hydrogen) atoms. The molecule has 5 heteroatoms. The summed E-state index contributed by atoms with van der Waals surface area (Å²) in [6, 6.07) is 5.94. The zero-order valence-electron chi connectivity index (χ0n) is 14.8. The third-order valence-electron chi connectivity index (χ3n) is 4.37. The van der Waals surface area contributed by atoms with Crippen molar-refractivity contribution in [3.05, 3.63) is 29.3 Å². The second kappa shape index (κ2) is 8.71. The van der Waals surface area contributed by atoms with Gasteiger partial charge in [-0.15, -0.1) is 0 Å². The average Bonchev–Trinajstić information content (AvgIpc) is 2.52. The summed E-state index contributed by atoms with van der Waals surface area (Å²) in [6.07, 6.45) is 4.49. The van der Waals surface area contributed by atoms with E-state index in [4.69, 9.17) is 9.47 Å². The van der Waals surface area contributed by atoms with Crippen molar-refractivity contribution in [3.63, 3.8) is 0 Å². The minimum absolute atomic E-state index is 0.191. The fraction of sp³-hybridized carbons (Fsp3) is 0.579. The predicted octanol–water partition coefficient (Wildman–Crippen LogP) is 2.92. The summed E-state index contributed by atoms with van der Waals surface area (Å²) in [7, 11) is 0. The highest BCUT2D eigenvalue weighted by atomic mass is 16.6. The van der Waals surface area contributed by atoms with Gasteiger partial charge < -0.3 is 14.8 Å². The van der Waals surface area contributed by atoms with E-state index in [1.54, 1.807) is 0 Å². The average molecular weight is 333 g/mol. The maximum Gasteiger partial charge on any atom is 0.344 e. The number of rotatable bonds is 6. The first-order chi connectivity index (χ1) is 11.4. The Morgan fingerprint density at radius 1 is 1.08 bits per heavy atom. The van der Waals surface area contributed by atoms with Gasteiger partial charge in [0.25, 0.3) is 5.91 Å². The summed E-state index contributed by atoms with van der Waals surface area (Å²) in [5, 5.41) is 2.96. The Morgan fingerprint density at radius 3 is 2.42 bits per heavy atom. The van der Waals surface area contributed by atoms with Crippen molar-refractivity contribution in [2.24, 2.45) is 5.92 Å². The van der Waals surface area contributed by atoms with Crippen LogP contribution in [0.1, 0.15) is 43.7 Å². The highest BCUT2D eigenvalue weighted by Gasteiger charge is 2.23. The summed E-state index contributed by atoms with van der Waals surface area (Å²) in [4.78, 5) is 23.6. The first-order valence-electron chi connectivity index (χ1n) is 8.60. The van der Waals surface area contributed by atoms with E-state index in [2.05, 4.69) is 12.2 Å². The van der Waals surface area contributed by atoms with Crippen LogP contribution in [0.3, 0.4) is 0 Å². The van der Waals surface area contributed by atoms with E-state index in [1.807, 2.05) is 32.0 Å². The topological polar surface area (TPSA) is 64.6 Å². The highest BCUT2D eigenvalue weighted by molar-refractivity contribution is 5.81. The van der Waals surface area contributed by atoms with Gasteiger partial charge in [0.2, 0.25) is 0 Å². The lowest BCUT2D eigenvalue weighted by Crippen LogP contribution is -2.43. The quantitative estimate of drug-likeness (QED) is 0.813. The third-order valence-corrected chi connectivity index (χ3v) is 4.37. The molecule has 1 aromatic carbocycles. The zero-order chi connectivity index (χ0) is 17.5.